The maximum absolute atomic E-state index is 4.33. The molecule has 0 spiro atoms. The van der Waals surface area contributed by atoms with Crippen LogP contribution in [0, 0.1) is 6.92 Å². The maximum Gasteiger partial charge on any atom is 0.0482 e. The van der Waals surface area contributed by atoms with E-state index in [1.54, 1.807) is 0 Å². The number of hydrogen-bond donors (Lipinski definition) is 0. The Hall–Kier alpha value is -2.02. The van der Waals surface area contributed by atoms with Crippen LogP contribution in [0.3, 0.4) is 0 Å². The molecular weight excluding hydrogens is 278 g/mol. The fourth-order valence-electron chi connectivity index (χ4n) is 3.70. The van der Waals surface area contributed by atoms with Crippen molar-refractivity contribution in [3.63, 3.8) is 0 Å². The van der Waals surface area contributed by atoms with Crippen molar-refractivity contribution in [1.29, 1.82) is 0 Å². The predicted octanol–water partition coefficient (Wildman–Crippen LogP) is 6.03. The van der Waals surface area contributed by atoms with Gasteiger partial charge in [-0.25, -0.2) is 0 Å². The summed E-state index contributed by atoms with van der Waals surface area (Å²) >= 11 is 0. The Balaban J connectivity index is 1.69. The second-order valence-corrected chi connectivity index (χ2v) is 7.01. The van der Waals surface area contributed by atoms with Gasteiger partial charge in [0.2, 0.25) is 0 Å². The van der Waals surface area contributed by atoms with Crippen LogP contribution in [-0.2, 0) is 13.5 Å². The van der Waals surface area contributed by atoms with Gasteiger partial charge in [-0.15, -0.1) is 0 Å². The lowest BCUT2D eigenvalue weighted by atomic mass is 9.97. The van der Waals surface area contributed by atoms with Gasteiger partial charge in [0.15, 0.2) is 0 Å². The van der Waals surface area contributed by atoms with Crippen molar-refractivity contribution in [2.24, 2.45) is 7.05 Å². The molecule has 0 radical (unpaired) electrons. The highest BCUT2D eigenvalue weighted by atomic mass is 14.9. The predicted molar refractivity (Wildman–Crippen MR) is 101 cm³/mol. The molecule has 0 aliphatic heterocycles. The highest BCUT2D eigenvalue weighted by Crippen LogP contribution is 2.31. The molecule has 1 nitrogen and oxygen atoms in total. The topological polar surface area (TPSA) is 4.93 Å². The van der Waals surface area contributed by atoms with Crippen LogP contribution in [0.15, 0.2) is 59.2 Å². The van der Waals surface area contributed by atoms with E-state index in [4.69, 9.17) is 0 Å². The molecule has 3 rings (SSSR count). The highest BCUT2D eigenvalue weighted by molar-refractivity contribution is 5.85. The average Bonchev–Trinajstić information content (AvgIpc) is 2.96. The lowest BCUT2D eigenvalue weighted by molar-refractivity contribution is 0.855. The molecule has 0 atom stereocenters. The molecule has 0 saturated heterocycles. The number of allylic oxidation sites excluding steroid dienone is 5. The number of aryl methyl sites for hydroxylation is 2. The molecule has 1 aliphatic rings. The van der Waals surface area contributed by atoms with Gasteiger partial charge in [0.25, 0.3) is 0 Å². The number of aromatic nitrogens is 1. The summed E-state index contributed by atoms with van der Waals surface area (Å²) in [5.74, 6) is 0. The van der Waals surface area contributed by atoms with E-state index in [-0.39, 0.29) is 0 Å². The monoisotopic (exact) mass is 305 g/mol. The van der Waals surface area contributed by atoms with Crippen LogP contribution in [0.4, 0.5) is 0 Å². The molecule has 1 heteroatoms. The first-order valence-corrected chi connectivity index (χ1v) is 8.52. The van der Waals surface area contributed by atoms with Gasteiger partial charge >= 0.3 is 0 Å². The Labute approximate surface area is 140 Å². The zero-order chi connectivity index (χ0) is 16.6. The number of benzene rings is 1. The zero-order valence-corrected chi connectivity index (χ0v) is 14.9. The van der Waals surface area contributed by atoms with Crippen LogP contribution in [0.2, 0.25) is 0 Å². The van der Waals surface area contributed by atoms with Crippen molar-refractivity contribution < 1.29 is 0 Å². The van der Waals surface area contributed by atoms with Crippen LogP contribution in [0.5, 0.6) is 0 Å². The van der Waals surface area contributed by atoms with Crippen molar-refractivity contribution >= 4 is 10.9 Å². The summed E-state index contributed by atoms with van der Waals surface area (Å²) in [5, 5.41) is 1.40. The van der Waals surface area contributed by atoms with Gasteiger partial charge in [-0.1, -0.05) is 53.1 Å². The molecule has 23 heavy (non-hydrogen) atoms. The minimum absolute atomic E-state index is 1.05. The Morgan fingerprint density at radius 3 is 2.61 bits per heavy atom. The summed E-state index contributed by atoms with van der Waals surface area (Å²) < 4.78 is 2.31. The quantitative estimate of drug-likeness (QED) is 0.594. The third kappa shape index (κ3) is 3.06. The first kappa shape index (κ1) is 15.9. The van der Waals surface area contributed by atoms with Gasteiger partial charge in [-0.05, 0) is 58.1 Å². The summed E-state index contributed by atoms with van der Waals surface area (Å²) in [6.45, 7) is 11.0. The second-order valence-electron chi connectivity index (χ2n) is 7.01. The number of fused-ring (bicyclic) bond motifs is 1. The zero-order valence-electron chi connectivity index (χ0n) is 14.9. The van der Waals surface area contributed by atoms with Crippen molar-refractivity contribution in [3.05, 3.63) is 70.5 Å². The van der Waals surface area contributed by atoms with E-state index >= 15 is 0 Å². The van der Waals surface area contributed by atoms with Crippen molar-refractivity contribution in [2.45, 2.75) is 46.5 Å². The summed E-state index contributed by atoms with van der Waals surface area (Å²) in [6.07, 6.45) is 6.70. The Kier molecular flexibility index (Phi) is 4.30. The van der Waals surface area contributed by atoms with Gasteiger partial charge in [-0.3, -0.25) is 0 Å². The molecule has 0 N–H and O–H groups in total. The van der Waals surface area contributed by atoms with Gasteiger partial charge < -0.3 is 4.57 Å². The summed E-state index contributed by atoms with van der Waals surface area (Å²) in [6, 6.07) is 8.72. The van der Waals surface area contributed by atoms with Crippen LogP contribution < -0.4 is 0 Å². The number of nitrogens with zero attached hydrogens (tertiary/aromatic N) is 1. The standard InChI is InChI=1S/C22H27N/c1-15(12-19-13-16(2)17(3)14-19)10-11-20-18(4)23(5)22-9-7-6-8-21(20)22/h6-9,13H,1,10-12,14H2,2-5H3. The maximum atomic E-state index is 4.33. The molecule has 120 valence electrons. The number of para-hydroxylation sites is 1. The van der Waals surface area contributed by atoms with Gasteiger partial charge in [0.05, 0.1) is 0 Å². The van der Waals surface area contributed by atoms with E-state index in [2.05, 4.69) is 69.3 Å². The normalized spacial score (nSPS) is 14.7. The molecule has 0 unspecified atom stereocenters. The third-order valence-electron chi connectivity index (χ3n) is 5.32. The molecule has 1 aromatic heterocycles. The average molecular weight is 305 g/mol. The largest absolute Gasteiger partial charge is 0.348 e. The van der Waals surface area contributed by atoms with E-state index < -0.39 is 0 Å². The second kappa shape index (κ2) is 6.23. The van der Waals surface area contributed by atoms with Gasteiger partial charge in [0, 0.05) is 23.6 Å². The first-order valence-electron chi connectivity index (χ1n) is 8.52. The Morgan fingerprint density at radius 1 is 1.17 bits per heavy atom. The molecule has 0 amide bonds. The van der Waals surface area contributed by atoms with Crippen LogP contribution in [-0.4, -0.2) is 4.57 Å². The fraction of sp³-hybridized carbons (Fsp3) is 0.364. The molecule has 0 saturated carbocycles. The Morgan fingerprint density at radius 2 is 1.91 bits per heavy atom. The molecule has 0 fully saturated rings. The summed E-state index contributed by atoms with van der Waals surface area (Å²) in [4.78, 5) is 0. The van der Waals surface area contributed by atoms with Crippen molar-refractivity contribution in [1.82, 2.24) is 4.57 Å². The van der Waals surface area contributed by atoms with Crippen LogP contribution in [0.1, 0.15) is 44.4 Å². The van der Waals surface area contributed by atoms with E-state index in [1.165, 1.54) is 44.5 Å². The van der Waals surface area contributed by atoms with E-state index in [0.29, 0.717) is 0 Å². The Bertz CT molecular complexity index is 827. The third-order valence-corrected chi connectivity index (χ3v) is 5.32. The minimum Gasteiger partial charge on any atom is -0.348 e. The smallest absolute Gasteiger partial charge is 0.0482 e. The summed E-state index contributed by atoms with van der Waals surface area (Å²) in [7, 11) is 2.16. The molecule has 2 aromatic rings. The number of hydrogen-bond acceptors (Lipinski definition) is 0. The van der Waals surface area contributed by atoms with Crippen molar-refractivity contribution in [2.75, 3.05) is 0 Å². The number of rotatable bonds is 5. The van der Waals surface area contributed by atoms with Crippen molar-refractivity contribution in [3.8, 4) is 0 Å². The molecule has 1 heterocycles. The van der Waals surface area contributed by atoms with Crippen LogP contribution >= 0.6 is 0 Å². The molecular formula is C22H27N. The first-order chi connectivity index (χ1) is 11.0. The van der Waals surface area contributed by atoms with E-state index in [9.17, 15) is 0 Å². The summed E-state index contributed by atoms with van der Waals surface area (Å²) in [5.41, 5.74) is 10.0. The molecule has 1 aliphatic carbocycles. The van der Waals surface area contributed by atoms with Gasteiger partial charge in [-0.2, -0.15) is 0 Å². The van der Waals surface area contributed by atoms with E-state index in [1.807, 2.05) is 0 Å². The SMILES string of the molecule is C=C(CCc1c(C)n(C)c2ccccc12)CC1=CC(C)=C(C)C1. The van der Waals surface area contributed by atoms with Crippen LogP contribution in [0.25, 0.3) is 10.9 Å². The lowest BCUT2D eigenvalue weighted by Gasteiger charge is -2.08. The molecule has 0 bridgehead atoms. The fourth-order valence-corrected chi connectivity index (χ4v) is 3.70. The lowest BCUT2D eigenvalue weighted by Crippen LogP contribution is -1.95. The molecule has 1 aromatic carbocycles. The van der Waals surface area contributed by atoms with E-state index in [0.717, 1.165) is 25.7 Å². The minimum atomic E-state index is 1.05. The van der Waals surface area contributed by atoms with Gasteiger partial charge in [0.1, 0.15) is 0 Å². The highest BCUT2D eigenvalue weighted by Gasteiger charge is 2.13.